The van der Waals surface area contributed by atoms with Crippen LogP contribution in [0.3, 0.4) is 0 Å². The van der Waals surface area contributed by atoms with E-state index in [1.54, 1.807) is 24.3 Å². The highest BCUT2D eigenvalue weighted by atomic mass is 19.4. The van der Waals surface area contributed by atoms with Crippen molar-refractivity contribution in [3.63, 3.8) is 0 Å². The molecule has 0 aliphatic carbocycles. The smallest absolute Gasteiger partial charge is 0.429 e. The molecular formula is C37H25F11O. The van der Waals surface area contributed by atoms with Gasteiger partial charge in [0.25, 0.3) is 0 Å². The molecule has 0 N–H and O–H groups in total. The van der Waals surface area contributed by atoms with Gasteiger partial charge in [-0.1, -0.05) is 50.1 Å². The Hall–Kier alpha value is -4.87. The van der Waals surface area contributed by atoms with Gasteiger partial charge in [-0.3, -0.25) is 0 Å². The van der Waals surface area contributed by atoms with Crippen LogP contribution in [0.2, 0.25) is 0 Å². The number of halogens is 11. The van der Waals surface area contributed by atoms with Crippen molar-refractivity contribution in [3.05, 3.63) is 137 Å². The predicted octanol–water partition coefficient (Wildman–Crippen LogP) is 12.4. The number of rotatable bonds is 10. The molecule has 256 valence electrons. The first-order valence-electron chi connectivity index (χ1n) is 14.9. The molecule has 0 unspecified atom stereocenters. The molecule has 5 aromatic rings. The first kappa shape index (κ1) is 35.4. The third-order valence-electron chi connectivity index (χ3n) is 7.79. The number of aryl methyl sites for hydroxylation is 1. The molecule has 0 atom stereocenters. The minimum absolute atomic E-state index is 0.000930. The topological polar surface area (TPSA) is 9.23 Å². The number of hydrogen-bond donors (Lipinski definition) is 0. The molecule has 12 heteroatoms. The van der Waals surface area contributed by atoms with E-state index < -0.39 is 86.3 Å². The second-order valence-corrected chi connectivity index (χ2v) is 11.2. The largest absolute Gasteiger partial charge is 0.432 e. The Morgan fingerprint density at radius 2 is 1.10 bits per heavy atom. The van der Waals surface area contributed by atoms with Gasteiger partial charge < -0.3 is 4.74 Å². The molecule has 0 aliphatic rings. The Balaban J connectivity index is 1.36. The van der Waals surface area contributed by atoms with Crippen LogP contribution in [0.5, 0.6) is 5.75 Å². The fourth-order valence-electron chi connectivity index (χ4n) is 5.36. The Labute approximate surface area is 273 Å². The standard InChI is InChI=1S/C37H25F11O/c1-2-3-4-5-20-6-8-21(9-7-20)23-15-32(42)35(33(43)16-23)37(47,48)49-25-11-12-26(28(38)19-25)24-17-30(40)34(31(41)18-24)22-10-13-27(29(39)14-22)36(44,45)46/h6-19H,2-5H2,1H3. The lowest BCUT2D eigenvalue weighted by Gasteiger charge is -2.20. The second-order valence-electron chi connectivity index (χ2n) is 11.2. The number of ether oxygens (including phenoxy) is 1. The zero-order valence-electron chi connectivity index (χ0n) is 25.5. The predicted molar refractivity (Wildman–Crippen MR) is 162 cm³/mol. The summed E-state index contributed by atoms with van der Waals surface area (Å²) in [5.41, 5.74) is -4.42. The normalized spacial score (nSPS) is 12.0. The van der Waals surface area contributed by atoms with E-state index >= 15 is 13.2 Å². The molecule has 0 radical (unpaired) electrons. The minimum atomic E-state index is -5.05. The van der Waals surface area contributed by atoms with Gasteiger partial charge in [0, 0.05) is 11.6 Å². The number of benzene rings is 5. The van der Waals surface area contributed by atoms with Crippen molar-refractivity contribution in [2.24, 2.45) is 0 Å². The summed E-state index contributed by atoms with van der Waals surface area (Å²) in [6.45, 7) is 2.07. The quantitative estimate of drug-likeness (QED) is 0.104. The Morgan fingerprint density at radius 3 is 1.65 bits per heavy atom. The monoisotopic (exact) mass is 694 g/mol. The van der Waals surface area contributed by atoms with Gasteiger partial charge in [-0.25, -0.2) is 26.3 Å². The van der Waals surface area contributed by atoms with Crippen molar-refractivity contribution >= 4 is 0 Å². The van der Waals surface area contributed by atoms with Gasteiger partial charge in [0.1, 0.15) is 46.2 Å². The lowest BCUT2D eigenvalue weighted by Crippen LogP contribution is -2.25. The van der Waals surface area contributed by atoms with E-state index in [9.17, 15) is 35.1 Å². The van der Waals surface area contributed by atoms with Crippen molar-refractivity contribution in [1.29, 1.82) is 0 Å². The van der Waals surface area contributed by atoms with Gasteiger partial charge in [0.2, 0.25) is 0 Å². The van der Waals surface area contributed by atoms with Crippen molar-refractivity contribution in [2.75, 3.05) is 0 Å². The third kappa shape index (κ3) is 7.73. The molecule has 0 saturated heterocycles. The maximum absolute atomic E-state index is 15.1. The highest BCUT2D eigenvalue weighted by Gasteiger charge is 2.41. The van der Waals surface area contributed by atoms with Crippen molar-refractivity contribution in [3.8, 4) is 39.1 Å². The Morgan fingerprint density at radius 1 is 0.531 bits per heavy atom. The summed E-state index contributed by atoms with van der Waals surface area (Å²) in [5, 5.41) is 0. The Kier molecular flexibility index (Phi) is 10.1. The van der Waals surface area contributed by atoms with E-state index in [1.807, 2.05) is 0 Å². The fourth-order valence-corrected chi connectivity index (χ4v) is 5.36. The first-order chi connectivity index (χ1) is 23.1. The summed E-state index contributed by atoms with van der Waals surface area (Å²) < 4.78 is 162. The van der Waals surface area contributed by atoms with E-state index in [0.717, 1.165) is 55.5 Å². The molecule has 0 heterocycles. The number of unbranched alkanes of at least 4 members (excludes halogenated alkanes) is 2. The van der Waals surface area contributed by atoms with Crippen LogP contribution in [-0.4, -0.2) is 0 Å². The molecule has 0 aromatic heterocycles. The zero-order chi connectivity index (χ0) is 35.7. The molecule has 0 amide bonds. The molecule has 1 nitrogen and oxygen atoms in total. The average molecular weight is 695 g/mol. The summed E-state index contributed by atoms with van der Waals surface area (Å²) in [6, 6.07) is 12.7. The van der Waals surface area contributed by atoms with E-state index in [1.165, 1.54) is 0 Å². The van der Waals surface area contributed by atoms with E-state index in [2.05, 4.69) is 11.7 Å². The highest BCUT2D eigenvalue weighted by molar-refractivity contribution is 5.73. The summed E-state index contributed by atoms with van der Waals surface area (Å²) in [5.74, 6) is -10.0. The summed E-state index contributed by atoms with van der Waals surface area (Å²) in [7, 11) is 0. The molecule has 0 saturated carbocycles. The highest BCUT2D eigenvalue weighted by Crippen LogP contribution is 2.40. The second kappa shape index (κ2) is 13.9. The van der Waals surface area contributed by atoms with Crippen LogP contribution >= 0.6 is 0 Å². The lowest BCUT2D eigenvalue weighted by molar-refractivity contribution is -0.189. The van der Waals surface area contributed by atoms with E-state index in [4.69, 9.17) is 0 Å². The molecule has 0 bridgehead atoms. The Bertz CT molecular complexity index is 1940. The van der Waals surface area contributed by atoms with Crippen LogP contribution < -0.4 is 4.74 Å². The van der Waals surface area contributed by atoms with Gasteiger partial charge in [0.05, 0.1) is 11.1 Å². The fraction of sp³-hybridized carbons (Fsp3) is 0.189. The van der Waals surface area contributed by atoms with Crippen LogP contribution in [-0.2, 0) is 18.7 Å². The number of alkyl halides is 5. The van der Waals surface area contributed by atoms with Gasteiger partial charge in [-0.05, 0) is 89.2 Å². The van der Waals surface area contributed by atoms with E-state index in [-0.39, 0.29) is 5.56 Å². The zero-order valence-corrected chi connectivity index (χ0v) is 25.5. The average Bonchev–Trinajstić information content (AvgIpc) is 3.00. The molecule has 5 rings (SSSR count). The molecular weight excluding hydrogens is 669 g/mol. The van der Waals surface area contributed by atoms with E-state index in [0.29, 0.717) is 42.0 Å². The van der Waals surface area contributed by atoms with Crippen LogP contribution in [0.1, 0.15) is 42.9 Å². The molecule has 49 heavy (non-hydrogen) atoms. The minimum Gasteiger partial charge on any atom is -0.429 e. The molecule has 5 aromatic carbocycles. The van der Waals surface area contributed by atoms with Crippen LogP contribution in [0.15, 0.2) is 84.9 Å². The maximum Gasteiger partial charge on any atom is 0.432 e. The molecule has 0 spiro atoms. The van der Waals surface area contributed by atoms with Crippen LogP contribution in [0, 0.1) is 34.9 Å². The van der Waals surface area contributed by atoms with Gasteiger partial charge in [-0.2, -0.15) is 22.0 Å². The third-order valence-corrected chi connectivity index (χ3v) is 7.79. The summed E-state index contributed by atoms with van der Waals surface area (Å²) >= 11 is 0. The van der Waals surface area contributed by atoms with Gasteiger partial charge in [0.15, 0.2) is 0 Å². The van der Waals surface area contributed by atoms with Crippen molar-refractivity contribution in [1.82, 2.24) is 0 Å². The van der Waals surface area contributed by atoms with Gasteiger partial charge in [-0.15, -0.1) is 0 Å². The van der Waals surface area contributed by atoms with Crippen molar-refractivity contribution < 1.29 is 53.0 Å². The summed E-state index contributed by atoms with van der Waals surface area (Å²) in [4.78, 5) is 0. The van der Waals surface area contributed by atoms with Crippen LogP contribution in [0.4, 0.5) is 48.3 Å². The summed E-state index contributed by atoms with van der Waals surface area (Å²) in [6.07, 6.45) is -5.80. The first-order valence-corrected chi connectivity index (χ1v) is 14.9. The van der Waals surface area contributed by atoms with Crippen molar-refractivity contribution in [2.45, 2.75) is 44.9 Å². The molecule has 0 aliphatic heterocycles. The maximum atomic E-state index is 15.1. The lowest BCUT2D eigenvalue weighted by atomic mass is 9.97. The number of hydrogen-bond acceptors (Lipinski definition) is 1. The van der Waals surface area contributed by atoms with Gasteiger partial charge >= 0.3 is 12.3 Å². The van der Waals surface area contributed by atoms with Crippen LogP contribution in [0.25, 0.3) is 33.4 Å². The molecule has 0 fully saturated rings. The SMILES string of the molecule is CCCCCc1ccc(-c2cc(F)c(C(F)(F)Oc3ccc(-c4cc(F)c(-c5ccc(C(F)(F)F)c(F)c5)c(F)c4)c(F)c3)c(F)c2)cc1.